The minimum Gasteiger partial charge on any atom is -0.497 e. The van der Waals surface area contributed by atoms with Crippen LogP contribution >= 0.6 is 15.9 Å². The molecule has 0 saturated heterocycles. The molecule has 0 fully saturated rings. The van der Waals surface area contributed by atoms with E-state index in [1.165, 1.54) is 16.7 Å². The number of ether oxygens (including phenoxy) is 2. The van der Waals surface area contributed by atoms with Crippen molar-refractivity contribution >= 4 is 15.9 Å². The Morgan fingerprint density at radius 1 is 0.900 bits per heavy atom. The van der Waals surface area contributed by atoms with Crippen molar-refractivity contribution in [3.8, 4) is 11.5 Å². The number of hydrogen-bond acceptors (Lipinski definition) is 2. The molecule has 0 N–H and O–H groups in total. The molecule has 0 bridgehead atoms. The highest BCUT2D eigenvalue weighted by Gasteiger charge is 2.16. The fourth-order valence-electron chi connectivity index (χ4n) is 2.14. The summed E-state index contributed by atoms with van der Waals surface area (Å²) in [6.07, 6.45) is 0. The molecule has 0 aliphatic carbocycles. The predicted octanol–water partition coefficient (Wildman–Crippen LogP) is 4.80. The third-order valence-electron chi connectivity index (χ3n) is 3.53. The Labute approximate surface area is 128 Å². The molecular weight excluding hydrogens is 316 g/mol. The van der Waals surface area contributed by atoms with E-state index in [1.54, 1.807) is 14.2 Å². The molecule has 2 aromatic carbocycles. The van der Waals surface area contributed by atoms with Crippen LogP contribution in [0.15, 0.2) is 36.4 Å². The smallest absolute Gasteiger partial charge is 0.123 e. The molecule has 3 heteroatoms. The normalized spacial score (nSPS) is 12.1. The molecule has 1 atom stereocenters. The Balaban J connectivity index is 2.45. The summed E-state index contributed by atoms with van der Waals surface area (Å²) in [5.41, 5.74) is 4.86. The summed E-state index contributed by atoms with van der Waals surface area (Å²) in [4.78, 5) is 0.0758. The van der Waals surface area contributed by atoms with E-state index in [0.717, 1.165) is 17.1 Å². The van der Waals surface area contributed by atoms with Crippen molar-refractivity contribution in [1.82, 2.24) is 0 Å². The van der Waals surface area contributed by atoms with Crippen LogP contribution in [0.2, 0.25) is 0 Å². The Hall–Kier alpha value is -1.48. The van der Waals surface area contributed by atoms with Gasteiger partial charge >= 0.3 is 0 Å². The molecule has 2 rings (SSSR count). The first-order valence-electron chi connectivity index (χ1n) is 6.50. The van der Waals surface area contributed by atoms with Gasteiger partial charge in [0.15, 0.2) is 0 Å². The molecule has 0 aromatic heterocycles. The number of alkyl halides is 1. The van der Waals surface area contributed by atoms with E-state index >= 15 is 0 Å². The third-order valence-corrected chi connectivity index (χ3v) is 4.56. The van der Waals surface area contributed by atoms with Crippen molar-refractivity contribution in [1.29, 1.82) is 0 Å². The molecule has 0 heterocycles. The van der Waals surface area contributed by atoms with E-state index in [1.807, 2.05) is 18.2 Å². The molecule has 0 spiro atoms. The van der Waals surface area contributed by atoms with E-state index in [9.17, 15) is 0 Å². The van der Waals surface area contributed by atoms with E-state index < -0.39 is 0 Å². The van der Waals surface area contributed by atoms with Crippen molar-refractivity contribution < 1.29 is 9.47 Å². The van der Waals surface area contributed by atoms with Crippen molar-refractivity contribution in [2.24, 2.45) is 0 Å². The summed E-state index contributed by atoms with van der Waals surface area (Å²) in [6.45, 7) is 4.25. The van der Waals surface area contributed by atoms with E-state index in [2.05, 4.69) is 48.0 Å². The summed E-state index contributed by atoms with van der Waals surface area (Å²) < 4.78 is 10.8. The number of methoxy groups -OCH3 is 2. The third kappa shape index (κ3) is 2.98. The molecule has 0 aliphatic heterocycles. The van der Waals surface area contributed by atoms with Gasteiger partial charge in [-0.05, 0) is 48.7 Å². The second-order valence-electron chi connectivity index (χ2n) is 4.81. The number of aryl methyl sites for hydroxylation is 2. The van der Waals surface area contributed by atoms with Gasteiger partial charge in [-0.3, -0.25) is 0 Å². The highest BCUT2D eigenvalue weighted by molar-refractivity contribution is 9.09. The van der Waals surface area contributed by atoms with Crippen LogP contribution in [0, 0.1) is 13.8 Å². The minimum absolute atomic E-state index is 0.0758. The topological polar surface area (TPSA) is 18.5 Å². The molecule has 2 nitrogen and oxygen atoms in total. The van der Waals surface area contributed by atoms with Crippen molar-refractivity contribution in [2.75, 3.05) is 14.2 Å². The number of hydrogen-bond donors (Lipinski definition) is 0. The minimum atomic E-state index is 0.0758. The first-order valence-corrected chi connectivity index (χ1v) is 7.41. The van der Waals surface area contributed by atoms with Crippen LogP contribution in [0.25, 0.3) is 0 Å². The lowest BCUT2D eigenvalue weighted by Gasteiger charge is -2.17. The standard InChI is InChI=1S/C17H19BrO2/c1-11-5-6-13(9-12(11)2)17(18)15-10-14(19-3)7-8-16(15)20-4/h5-10,17H,1-4H3. The van der Waals surface area contributed by atoms with E-state index in [-0.39, 0.29) is 4.83 Å². The Bertz CT molecular complexity index is 608. The van der Waals surface area contributed by atoms with E-state index in [4.69, 9.17) is 9.47 Å². The largest absolute Gasteiger partial charge is 0.497 e. The van der Waals surface area contributed by atoms with Crippen LogP contribution < -0.4 is 9.47 Å². The first kappa shape index (κ1) is 14.9. The molecule has 0 saturated carbocycles. The molecule has 106 valence electrons. The second-order valence-corrected chi connectivity index (χ2v) is 5.73. The van der Waals surface area contributed by atoms with Crippen LogP contribution in [0.5, 0.6) is 11.5 Å². The Morgan fingerprint density at radius 3 is 2.25 bits per heavy atom. The molecule has 20 heavy (non-hydrogen) atoms. The maximum absolute atomic E-state index is 5.46. The zero-order valence-electron chi connectivity index (χ0n) is 12.2. The van der Waals surface area contributed by atoms with Crippen molar-refractivity contribution in [3.05, 3.63) is 58.7 Å². The van der Waals surface area contributed by atoms with Gasteiger partial charge in [0.2, 0.25) is 0 Å². The van der Waals surface area contributed by atoms with Crippen LogP contribution in [0.3, 0.4) is 0 Å². The zero-order chi connectivity index (χ0) is 14.7. The summed E-state index contributed by atoms with van der Waals surface area (Å²) >= 11 is 3.77. The van der Waals surface area contributed by atoms with Gasteiger partial charge in [0.25, 0.3) is 0 Å². The molecule has 2 aromatic rings. The van der Waals surface area contributed by atoms with Gasteiger partial charge in [0.05, 0.1) is 19.0 Å². The average Bonchev–Trinajstić information content (AvgIpc) is 2.48. The van der Waals surface area contributed by atoms with Crippen LogP contribution in [-0.2, 0) is 0 Å². The second kappa shape index (κ2) is 6.31. The van der Waals surface area contributed by atoms with Crippen molar-refractivity contribution in [2.45, 2.75) is 18.7 Å². The number of rotatable bonds is 4. The number of benzene rings is 2. The van der Waals surface area contributed by atoms with E-state index in [0.29, 0.717) is 0 Å². The SMILES string of the molecule is COc1ccc(OC)c(C(Br)c2ccc(C)c(C)c2)c1. The highest BCUT2D eigenvalue weighted by atomic mass is 79.9. The average molecular weight is 335 g/mol. The van der Waals surface area contributed by atoms with Crippen LogP contribution in [-0.4, -0.2) is 14.2 Å². The van der Waals surface area contributed by atoms with Crippen molar-refractivity contribution in [3.63, 3.8) is 0 Å². The first-order chi connectivity index (χ1) is 9.56. The quantitative estimate of drug-likeness (QED) is 0.747. The van der Waals surface area contributed by atoms with Gasteiger partial charge in [0, 0.05) is 5.56 Å². The van der Waals surface area contributed by atoms with Gasteiger partial charge in [-0.15, -0.1) is 0 Å². The van der Waals surface area contributed by atoms with Crippen LogP contribution in [0.1, 0.15) is 27.1 Å². The van der Waals surface area contributed by atoms with Gasteiger partial charge < -0.3 is 9.47 Å². The lowest BCUT2D eigenvalue weighted by molar-refractivity contribution is 0.399. The van der Waals surface area contributed by atoms with Gasteiger partial charge in [-0.1, -0.05) is 34.1 Å². The molecule has 0 amide bonds. The maximum Gasteiger partial charge on any atom is 0.123 e. The Morgan fingerprint density at radius 2 is 1.65 bits per heavy atom. The molecular formula is C17H19BrO2. The van der Waals surface area contributed by atoms with Crippen LogP contribution in [0.4, 0.5) is 0 Å². The molecule has 1 unspecified atom stereocenters. The lowest BCUT2D eigenvalue weighted by atomic mass is 9.99. The fourth-order valence-corrected chi connectivity index (χ4v) is 2.78. The lowest BCUT2D eigenvalue weighted by Crippen LogP contribution is -1.99. The van der Waals surface area contributed by atoms with Gasteiger partial charge in [-0.2, -0.15) is 0 Å². The molecule has 0 radical (unpaired) electrons. The monoisotopic (exact) mass is 334 g/mol. The van der Waals surface area contributed by atoms with Gasteiger partial charge in [-0.25, -0.2) is 0 Å². The summed E-state index contributed by atoms with van der Waals surface area (Å²) in [6, 6.07) is 12.3. The van der Waals surface area contributed by atoms with Gasteiger partial charge in [0.1, 0.15) is 11.5 Å². The predicted molar refractivity (Wildman–Crippen MR) is 86.2 cm³/mol. The summed E-state index contributed by atoms with van der Waals surface area (Å²) in [5, 5.41) is 0. The Kier molecular flexibility index (Phi) is 4.71. The fraction of sp³-hybridized carbons (Fsp3) is 0.294. The maximum atomic E-state index is 5.46. The molecule has 0 aliphatic rings. The summed E-state index contributed by atoms with van der Waals surface area (Å²) in [5.74, 6) is 1.68. The number of halogens is 1. The highest BCUT2D eigenvalue weighted by Crippen LogP contribution is 2.38. The zero-order valence-corrected chi connectivity index (χ0v) is 13.8. The summed E-state index contributed by atoms with van der Waals surface area (Å²) in [7, 11) is 3.36.